The zero-order valence-corrected chi connectivity index (χ0v) is 8.90. The van der Waals surface area contributed by atoms with Gasteiger partial charge >= 0.3 is 8.25 Å². The summed E-state index contributed by atoms with van der Waals surface area (Å²) in [6.07, 6.45) is 0. The van der Waals surface area contributed by atoms with Crippen LogP contribution >= 0.6 is 8.25 Å². The van der Waals surface area contributed by atoms with Crippen molar-refractivity contribution in [2.45, 2.75) is 13.8 Å². The molecule has 0 aliphatic heterocycles. The van der Waals surface area contributed by atoms with E-state index in [0.717, 1.165) is 0 Å². The Morgan fingerprint density at radius 3 is 1.78 bits per heavy atom. The molecular weight excluding hydrogens is 167 g/mol. The van der Waals surface area contributed by atoms with Crippen LogP contribution in [-0.2, 0) is 13.6 Å². The first-order valence-corrected chi connectivity index (χ1v) is 3.63. The third kappa shape index (κ3) is 9.28. The second-order valence-corrected chi connectivity index (χ2v) is 2.02. The Morgan fingerprint density at radius 2 is 1.56 bits per heavy atom. The summed E-state index contributed by atoms with van der Waals surface area (Å²) in [4.78, 5) is 0. The molecule has 0 fully saturated rings. The molecule has 0 rings (SSSR count). The summed E-state index contributed by atoms with van der Waals surface area (Å²) in [6, 6.07) is 0. The first-order chi connectivity index (χ1) is 3.81. The van der Waals surface area contributed by atoms with Gasteiger partial charge in [-0.05, 0) is 13.8 Å². The van der Waals surface area contributed by atoms with E-state index in [2.05, 4.69) is 9.05 Å². The zero-order chi connectivity index (χ0) is 6.41. The third-order valence-corrected chi connectivity index (χ3v) is 1.41. The molecule has 0 aliphatic rings. The van der Waals surface area contributed by atoms with E-state index >= 15 is 0 Å². The molecule has 0 N–H and O–H groups in total. The van der Waals surface area contributed by atoms with Crippen LogP contribution in [-0.4, -0.2) is 51.0 Å². The van der Waals surface area contributed by atoms with Crippen LogP contribution < -0.4 is 0 Å². The Kier molecular flexibility index (Phi) is 13.3. The molecule has 3 nitrogen and oxygen atoms in total. The van der Waals surface area contributed by atoms with E-state index in [-0.39, 0.29) is 37.7 Å². The van der Waals surface area contributed by atoms with E-state index in [1.165, 1.54) is 0 Å². The summed E-state index contributed by atoms with van der Waals surface area (Å²) in [5.74, 6) is 0. The second kappa shape index (κ2) is 9.28. The maximum absolute atomic E-state index is 10.3. The van der Waals surface area contributed by atoms with E-state index in [1.54, 1.807) is 13.8 Å². The molecule has 0 saturated carbocycles. The van der Waals surface area contributed by atoms with Gasteiger partial charge in [0.15, 0.2) is 0 Å². The summed E-state index contributed by atoms with van der Waals surface area (Å²) >= 11 is 0. The van der Waals surface area contributed by atoms with Gasteiger partial charge in [0.25, 0.3) is 0 Å². The smallest absolute Gasteiger partial charge is 0.119 e. The fraction of sp³-hybridized carbons (Fsp3) is 1.00. The van der Waals surface area contributed by atoms with Gasteiger partial charge in [-0.25, -0.2) is 0 Å². The van der Waals surface area contributed by atoms with Gasteiger partial charge in [-0.2, -0.15) is 0 Å². The summed E-state index contributed by atoms with van der Waals surface area (Å²) in [6.45, 7) is 4.42. The molecule has 0 unspecified atom stereocenters. The van der Waals surface area contributed by atoms with Crippen molar-refractivity contribution in [1.29, 1.82) is 0 Å². The third-order valence-electron chi connectivity index (χ3n) is 0.469. The Bertz CT molecular complexity index is 70.2. The van der Waals surface area contributed by atoms with Gasteiger partial charge in [-0.3, -0.25) is 0 Å². The van der Waals surface area contributed by atoms with Gasteiger partial charge in [-0.15, -0.1) is 9.05 Å². The Morgan fingerprint density at radius 1 is 1.22 bits per heavy atom. The van der Waals surface area contributed by atoms with Crippen molar-refractivity contribution in [1.82, 2.24) is 0 Å². The van der Waals surface area contributed by atoms with Crippen molar-refractivity contribution < 1.29 is 13.6 Å². The predicted octanol–water partition coefficient (Wildman–Crippen LogP) is 1.34. The molecule has 0 amide bonds. The topological polar surface area (TPSA) is 35.5 Å². The molecule has 0 heterocycles. The van der Waals surface area contributed by atoms with Gasteiger partial charge in [-0.1, -0.05) is 0 Å². The molecule has 0 aromatic heterocycles. The van der Waals surface area contributed by atoms with Crippen LogP contribution in [0.1, 0.15) is 13.8 Å². The van der Waals surface area contributed by atoms with E-state index < -0.39 is 8.25 Å². The molecular formula is C4H10CaO3P+. The number of rotatable bonds is 4. The van der Waals surface area contributed by atoms with Gasteiger partial charge in [0.05, 0.1) is 0 Å². The standard InChI is InChI=1S/C4H10O3P.Ca/c1-3-6-8(5)7-4-2;/h3-4H2,1-2H3;/q+1;. The van der Waals surface area contributed by atoms with Gasteiger partial charge in [0.1, 0.15) is 13.2 Å². The summed E-state index contributed by atoms with van der Waals surface area (Å²) in [5.41, 5.74) is 0. The molecule has 0 saturated heterocycles. The van der Waals surface area contributed by atoms with Crippen molar-refractivity contribution in [3.05, 3.63) is 0 Å². The monoisotopic (exact) mass is 177 g/mol. The zero-order valence-electron chi connectivity index (χ0n) is 5.79. The summed E-state index contributed by atoms with van der Waals surface area (Å²) in [5, 5.41) is 0. The second-order valence-electron chi connectivity index (χ2n) is 1.06. The van der Waals surface area contributed by atoms with Crippen LogP contribution in [0.15, 0.2) is 0 Å². The van der Waals surface area contributed by atoms with Crippen LogP contribution in [0.2, 0.25) is 0 Å². The molecule has 0 spiro atoms. The van der Waals surface area contributed by atoms with E-state index in [1.807, 2.05) is 0 Å². The van der Waals surface area contributed by atoms with Gasteiger partial charge in [0, 0.05) is 42.3 Å². The molecule has 5 heteroatoms. The van der Waals surface area contributed by atoms with Crippen LogP contribution in [0.5, 0.6) is 0 Å². The fourth-order valence-corrected chi connectivity index (χ4v) is 0.744. The first-order valence-electron chi connectivity index (χ1n) is 2.54. The largest absolute Gasteiger partial charge is 0.697 e. The molecule has 9 heavy (non-hydrogen) atoms. The average Bonchev–Trinajstić information content (AvgIpc) is 1.68. The minimum Gasteiger partial charge on any atom is -0.119 e. The molecule has 2 radical (unpaired) electrons. The SMILES string of the molecule is CCO[P+](=O)OCC.[Ca]. The average molecular weight is 177 g/mol. The van der Waals surface area contributed by atoms with Crippen molar-refractivity contribution in [3.63, 3.8) is 0 Å². The molecule has 50 valence electrons. The summed E-state index contributed by atoms with van der Waals surface area (Å²) < 4.78 is 19.5. The predicted molar refractivity (Wildman–Crippen MR) is 36.6 cm³/mol. The van der Waals surface area contributed by atoms with Gasteiger partial charge in [0.2, 0.25) is 0 Å². The maximum Gasteiger partial charge on any atom is 0.697 e. The van der Waals surface area contributed by atoms with Crippen molar-refractivity contribution in [2.24, 2.45) is 0 Å². The number of hydrogen-bond donors (Lipinski definition) is 0. The molecule has 0 bridgehead atoms. The van der Waals surface area contributed by atoms with E-state index in [0.29, 0.717) is 13.2 Å². The van der Waals surface area contributed by atoms with Crippen molar-refractivity contribution >= 4 is 46.0 Å². The Balaban J connectivity index is 0. The minimum absolute atomic E-state index is 0. The van der Waals surface area contributed by atoms with E-state index in [9.17, 15) is 4.57 Å². The summed E-state index contributed by atoms with van der Waals surface area (Å²) in [7, 11) is -1.83. The molecule has 0 atom stereocenters. The molecule has 0 aromatic rings. The minimum atomic E-state index is -1.83. The Labute approximate surface area is 86.1 Å². The quantitative estimate of drug-likeness (QED) is 0.480. The van der Waals surface area contributed by atoms with Crippen LogP contribution in [0.3, 0.4) is 0 Å². The number of hydrogen-bond acceptors (Lipinski definition) is 3. The van der Waals surface area contributed by atoms with Gasteiger partial charge < -0.3 is 0 Å². The maximum atomic E-state index is 10.3. The van der Waals surface area contributed by atoms with Crippen molar-refractivity contribution in [2.75, 3.05) is 13.2 Å². The normalized spacial score (nSPS) is 8.22. The Hall–Kier alpha value is 1.28. The fourth-order valence-electron chi connectivity index (χ4n) is 0.248. The van der Waals surface area contributed by atoms with E-state index in [4.69, 9.17) is 0 Å². The van der Waals surface area contributed by atoms with Crippen LogP contribution in [0.4, 0.5) is 0 Å². The van der Waals surface area contributed by atoms with Crippen LogP contribution in [0.25, 0.3) is 0 Å². The van der Waals surface area contributed by atoms with Crippen molar-refractivity contribution in [3.8, 4) is 0 Å². The molecule has 0 aliphatic carbocycles. The first kappa shape index (κ1) is 12.9. The van der Waals surface area contributed by atoms with Crippen LogP contribution in [0, 0.1) is 0 Å². The molecule has 0 aromatic carbocycles.